The van der Waals surface area contributed by atoms with Crippen molar-refractivity contribution in [3.05, 3.63) is 70.4 Å². The summed E-state index contributed by atoms with van der Waals surface area (Å²) in [6.07, 6.45) is 2.78. The van der Waals surface area contributed by atoms with E-state index in [2.05, 4.69) is 23.6 Å². The van der Waals surface area contributed by atoms with E-state index < -0.39 is 0 Å². The van der Waals surface area contributed by atoms with Crippen molar-refractivity contribution in [3.63, 3.8) is 0 Å². The summed E-state index contributed by atoms with van der Waals surface area (Å²) >= 11 is 6.08. The molecular formula is C17H14ClNO. The fourth-order valence-corrected chi connectivity index (χ4v) is 2.66. The van der Waals surface area contributed by atoms with Gasteiger partial charge in [0.25, 0.3) is 0 Å². The first-order valence-corrected chi connectivity index (χ1v) is 6.85. The molecule has 3 heteroatoms. The minimum Gasteiger partial charge on any atom is -0.342 e. The number of rotatable bonds is 3. The SMILES string of the molecule is Cc1ccccc1Cn1cc(C=O)c2ccc(Cl)cc21. The van der Waals surface area contributed by atoms with Gasteiger partial charge in [0.05, 0.1) is 5.52 Å². The maximum Gasteiger partial charge on any atom is 0.152 e. The third kappa shape index (κ3) is 2.23. The van der Waals surface area contributed by atoms with E-state index in [1.807, 2.05) is 36.5 Å². The van der Waals surface area contributed by atoms with Gasteiger partial charge in [0, 0.05) is 28.7 Å². The van der Waals surface area contributed by atoms with E-state index in [1.54, 1.807) is 0 Å². The lowest BCUT2D eigenvalue weighted by Crippen LogP contribution is -1.99. The second-order valence-electron chi connectivity index (χ2n) is 4.92. The minimum absolute atomic E-state index is 0.680. The Morgan fingerprint density at radius 1 is 1.20 bits per heavy atom. The first kappa shape index (κ1) is 12.9. The molecule has 0 radical (unpaired) electrons. The third-order valence-electron chi connectivity index (χ3n) is 3.60. The highest BCUT2D eigenvalue weighted by Crippen LogP contribution is 2.25. The van der Waals surface area contributed by atoms with Crippen molar-refractivity contribution < 1.29 is 4.79 Å². The largest absolute Gasteiger partial charge is 0.342 e. The van der Waals surface area contributed by atoms with Gasteiger partial charge in [-0.2, -0.15) is 0 Å². The molecule has 0 bridgehead atoms. The molecule has 3 aromatic rings. The maximum absolute atomic E-state index is 11.2. The van der Waals surface area contributed by atoms with Gasteiger partial charge in [-0.3, -0.25) is 4.79 Å². The Morgan fingerprint density at radius 3 is 2.75 bits per heavy atom. The summed E-state index contributed by atoms with van der Waals surface area (Å²) in [7, 11) is 0. The Balaban J connectivity index is 2.14. The van der Waals surface area contributed by atoms with Gasteiger partial charge < -0.3 is 4.57 Å². The molecule has 2 nitrogen and oxygen atoms in total. The van der Waals surface area contributed by atoms with E-state index in [4.69, 9.17) is 11.6 Å². The van der Waals surface area contributed by atoms with E-state index in [0.717, 1.165) is 23.7 Å². The monoisotopic (exact) mass is 283 g/mol. The summed E-state index contributed by atoms with van der Waals surface area (Å²) in [5.41, 5.74) is 4.17. The van der Waals surface area contributed by atoms with Gasteiger partial charge in [0.15, 0.2) is 6.29 Å². The molecule has 0 N–H and O–H groups in total. The number of benzene rings is 2. The molecule has 0 aliphatic carbocycles. The van der Waals surface area contributed by atoms with Crippen LogP contribution in [-0.2, 0) is 6.54 Å². The lowest BCUT2D eigenvalue weighted by atomic mass is 10.1. The summed E-state index contributed by atoms with van der Waals surface area (Å²) in [5.74, 6) is 0. The summed E-state index contributed by atoms with van der Waals surface area (Å²) in [6, 6.07) is 13.9. The number of aryl methyl sites for hydroxylation is 1. The molecule has 0 aliphatic heterocycles. The lowest BCUT2D eigenvalue weighted by Gasteiger charge is -2.08. The molecule has 3 rings (SSSR count). The van der Waals surface area contributed by atoms with Crippen molar-refractivity contribution in [1.29, 1.82) is 0 Å². The molecule has 1 heterocycles. The maximum atomic E-state index is 11.2. The fraction of sp³-hybridized carbons (Fsp3) is 0.118. The Bertz CT molecular complexity index is 789. The fourth-order valence-electron chi connectivity index (χ4n) is 2.49. The summed E-state index contributed by atoms with van der Waals surface area (Å²) < 4.78 is 2.08. The van der Waals surface area contributed by atoms with Crippen LogP contribution < -0.4 is 0 Å². The van der Waals surface area contributed by atoms with Gasteiger partial charge in [0.2, 0.25) is 0 Å². The van der Waals surface area contributed by atoms with Crippen LogP contribution in [0, 0.1) is 6.92 Å². The summed E-state index contributed by atoms with van der Waals surface area (Å²) in [5, 5.41) is 1.62. The van der Waals surface area contributed by atoms with Gasteiger partial charge in [-0.15, -0.1) is 0 Å². The van der Waals surface area contributed by atoms with Gasteiger partial charge in [-0.1, -0.05) is 41.9 Å². The quantitative estimate of drug-likeness (QED) is 0.650. The number of nitrogens with zero attached hydrogens (tertiary/aromatic N) is 1. The number of halogens is 1. The number of fused-ring (bicyclic) bond motifs is 1. The van der Waals surface area contributed by atoms with Crippen molar-refractivity contribution in [2.75, 3.05) is 0 Å². The number of hydrogen-bond donors (Lipinski definition) is 0. The third-order valence-corrected chi connectivity index (χ3v) is 3.84. The predicted octanol–water partition coefficient (Wildman–Crippen LogP) is 4.46. The molecule has 2 aromatic carbocycles. The van der Waals surface area contributed by atoms with E-state index in [0.29, 0.717) is 10.6 Å². The topological polar surface area (TPSA) is 22.0 Å². The Morgan fingerprint density at radius 2 is 2.00 bits per heavy atom. The van der Waals surface area contributed by atoms with E-state index in [1.165, 1.54) is 11.1 Å². The molecule has 0 saturated heterocycles. The highest BCUT2D eigenvalue weighted by Gasteiger charge is 2.09. The van der Waals surface area contributed by atoms with E-state index in [-0.39, 0.29) is 0 Å². The van der Waals surface area contributed by atoms with Crippen LogP contribution in [0.15, 0.2) is 48.7 Å². The van der Waals surface area contributed by atoms with Gasteiger partial charge >= 0.3 is 0 Å². The van der Waals surface area contributed by atoms with Crippen LogP contribution >= 0.6 is 11.6 Å². The molecule has 0 spiro atoms. The number of hydrogen-bond acceptors (Lipinski definition) is 1. The van der Waals surface area contributed by atoms with Crippen molar-refractivity contribution in [3.8, 4) is 0 Å². The van der Waals surface area contributed by atoms with Crippen molar-refractivity contribution >= 4 is 28.8 Å². The van der Waals surface area contributed by atoms with Crippen LogP contribution in [0.25, 0.3) is 10.9 Å². The minimum atomic E-state index is 0.680. The second kappa shape index (κ2) is 5.14. The zero-order chi connectivity index (χ0) is 14.1. The molecule has 0 amide bonds. The zero-order valence-corrected chi connectivity index (χ0v) is 11.9. The average Bonchev–Trinajstić information content (AvgIpc) is 2.79. The Labute approximate surface area is 122 Å². The molecule has 1 aromatic heterocycles. The average molecular weight is 284 g/mol. The number of carbonyl (C=O) groups excluding carboxylic acids is 1. The molecule has 0 atom stereocenters. The first-order valence-electron chi connectivity index (χ1n) is 6.47. The van der Waals surface area contributed by atoms with Gasteiger partial charge in [0.1, 0.15) is 0 Å². The molecule has 20 heavy (non-hydrogen) atoms. The van der Waals surface area contributed by atoms with Crippen LogP contribution in [-0.4, -0.2) is 10.9 Å². The van der Waals surface area contributed by atoms with Crippen LogP contribution in [0.4, 0.5) is 0 Å². The smallest absolute Gasteiger partial charge is 0.152 e. The Hall–Kier alpha value is -2.06. The lowest BCUT2D eigenvalue weighted by molar-refractivity contribution is 0.112. The molecular weight excluding hydrogens is 270 g/mol. The van der Waals surface area contributed by atoms with Crippen LogP contribution in [0.3, 0.4) is 0 Å². The molecule has 100 valence electrons. The van der Waals surface area contributed by atoms with Crippen molar-refractivity contribution in [2.24, 2.45) is 0 Å². The number of carbonyl (C=O) groups is 1. The van der Waals surface area contributed by atoms with Crippen LogP contribution in [0.5, 0.6) is 0 Å². The van der Waals surface area contributed by atoms with Crippen molar-refractivity contribution in [1.82, 2.24) is 4.57 Å². The normalized spacial score (nSPS) is 10.9. The second-order valence-corrected chi connectivity index (χ2v) is 5.35. The summed E-state index contributed by atoms with van der Waals surface area (Å²) in [6.45, 7) is 2.83. The Kier molecular flexibility index (Phi) is 3.33. The molecule has 0 aliphatic rings. The number of aldehydes is 1. The molecule has 0 saturated carbocycles. The first-order chi connectivity index (χ1) is 9.69. The molecule has 0 fully saturated rings. The molecule has 0 unspecified atom stereocenters. The highest BCUT2D eigenvalue weighted by atomic mass is 35.5. The number of aromatic nitrogens is 1. The standard InChI is InChI=1S/C17H14ClNO/c1-12-4-2-3-5-13(12)9-19-10-14(11-20)16-7-6-15(18)8-17(16)19/h2-8,10-11H,9H2,1H3. The van der Waals surface area contributed by atoms with Crippen LogP contribution in [0.2, 0.25) is 5.02 Å². The van der Waals surface area contributed by atoms with Gasteiger partial charge in [-0.25, -0.2) is 0 Å². The van der Waals surface area contributed by atoms with Crippen molar-refractivity contribution in [2.45, 2.75) is 13.5 Å². The predicted molar refractivity (Wildman–Crippen MR) is 82.6 cm³/mol. The summed E-state index contributed by atoms with van der Waals surface area (Å²) in [4.78, 5) is 11.2. The zero-order valence-electron chi connectivity index (χ0n) is 11.1. The van der Waals surface area contributed by atoms with Crippen LogP contribution in [0.1, 0.15) is 21.5 Å². The van der Waals surface area contributed by atoms with E-state index >= 15 is 0 Å². The van der Waals surface area contributed by atoms with Gasteiger partial charge in [-0.05, 0) is 30.2 Å². The van der Waals surface area contributed by atoms with E-state index in [9.17, 15) is 4.79 Å². The highest BCUT2D eigenvalue weighted by molar-refractivity contribution is 6.31.